The highest BCUT2D eigenvalue weighted by Crippen LogP contribution is 2.29. The Kier molecular flexibility index (Phi) is 6.32. The molecule has 6 heteroatoms. The van der Waals surface area contributed by atoms with Crippen LogP contribution in [-0.2, 0) is 17.8 Å². The van der Waals surface area contributed by atoms with Crippen LogP contribution in [0.2, 0.25) is 0 Å². The fourth-order valence-corrected chi connectivity index (χ4v) is 3.30. The van der Waals surface area contributed by atoms with Gasteiger partial charge in [-0.25, -0.2) is 4.79 Å². The van der Waals surface area contributed by atoms with E-state index in [2.05, 4.69) is 17.2 Å². The molecule has 2 heterocycles. The molecule has 0 aliphatic carbocycles. The van der Waals surface area contributed by atoms with Gasteiger partial charge in [-0.2, -0.15) is 0 Å². The Balaban J connectivity index is 1.75. The van der Waals surface area contributed by atoms with Crippen molar-refractivity contribution in [2.24, 2.45) is 0 Å². The number of nitrogens with one attached hydrogen (secondary N) is 1. The van der Waals surface area contributed by atoms with E-state index in [1.165, 1.54) is 0 Å². The molecule has 152 valence electrons. The fourth-order valence-electron chi connectivity index (χ4n) is 3.30. The van der Waals surface area contributed by atoms with E-state index < -0.39 is 6.10 Å². The quantitative estimate of drug-likeness (QED) is 0.616. The first-order valence-corrected chi connectivity index (χ1v) is 9.81. The van der Waals surface area contributed by atoms with Crippen LogP contribution in [0, 0.1) is 13.8 Å². The Morgan fingerprint density at radius 3 is 2.76 bits per heavy atom. The first kappa shape index (κ1) is 20.6. The predicted octanol–water partition coefficient (Wildman–Crippen LogP) is 3.84. The van der Waals surface area contributed by atoms with Crippen molar-refractivity contribution in [3.05, 3.63) is 69.3 Å². The van der Waals surface area contributed by atoms with Gasteiger partial charge in [-0.3, -0.25) is 9.78 Å². The Morgan fingerprint density at radius 1 is 1.24 bits per heavy atom. The van der Waals surface area contributed by atoms with Gasteiger partial charge in [0.15, 0.2) is 6.10 Å². The molecule has 1 aromatic carbocycles. The smallest absolute Gasteiger partial charge is 0.336 e. The molecular formula is C23H26N2O4. The van der Waals surface area contributed by atoms with E-state index in [1.807, 2.05) is 38.1 Å². The molecule has 29 heavy (non-hydrogen) atoms. The zero-order valence-corrected chi connectivity index (χ0v) is 17.2. The number of nitrogens with zero attached hydrogens (tertiary/aromatic N) is 1. The van der Waals surface area contributed by atoms with E-state index in [1.54, 1.807) is 19.2 Å². The maximum Gasteiger partial charge on any atom is 0.336 e. The van der Waals surface area contributed by atoms with Gasteiger partial charge in [-0.1, -0.05) is 13.3 Å². The van der Waals surface area contributed by atoms with E-state index in [4.69, 9.17) is 9.15 Å². The molecule has 6 nitrogen and oxygen atoms in total. The van der Waals surface area contributed by atoms with Gasteiger partial charge in [0.2, 0.25) is 0 Å². The van der Waals surface area contributed by atoms with Crippen LogP contribution < -0.4 is 15.7 Å². The number of hydrogen-bond acceptors (Lipinski definition) is 5. The largest absolute Gasteiger partial charge is 0.480 e. The number of aromatic nitrogens is 1. The summed E-state index contributed by atoms with van der Waals surface area (Å²) in [6.07, 6.45) is 2.76. The molecule has 3 aromatic rings. The summed E-state index contributed by atoms with van der Waals surface area (Å²) < 4.78 is 11.3. The molecule has 0 radical (unpaired) electrons. The zero-order valence-electron chi connectivity index (χ0n) is 17.2. The molecule has 0 aliphatic heterocycles. The molecule has 0 saturated heterocycles. The number of benzene rings is 1. The topological polar surface area (TPSA) is 81.4 Å². The van der Waals surface area contributed by atoms with Crippen LogP contribution in [0.25, 0.3) is 11.0 Å². The Labute approximate surface area is 169 Å². The lowest BCUT2D eigenvalue weighted by atomic mass is 10.0. The summed E-state index contributed by atoms with van der Waals surface area (Å²) in [6.45, 7) is 7.91. The van der Waals surface area contributed by atoms with Crippen LogP contribution in [0.3, 0.4) is 0 Å². The summed E-state index contributed by atoms with van der Waals surface area (Å²) in [5.41, 5.74) is 3.69. The van der Waals surface area contributed by atoms with Gasteiger partial charge in [0.05, 0.1) is 0 Å². The maximum absolute atomic E-state index is 12.4. The third kappa shape index (κ3) is 4.83. The van der Waals surface area contributed by atoms with Gasteiger partial charge in [-0.05, 0) is 62.6 Å². The third-order valence-corrected chi connectivity index (χ3v) is 4.82. The number of fused-ring (bicyclic) bond motifs is 1. The number of rotatable bonds is 7. The SMILES string of the molecule is CCCc1cc(=O)oc2c(C)c(OC(C)C(=O)NCc3ccnc(C)c3)ccc12. The average molecular weight is 394 g/mol. The Morgan fingerprint density at radius 2 is 2.03 bits per heavy atom. The van der Waals surface area contributed by atoms with Gasteiger partial charge in [0, 0.05) is 35.5 Å². The Hall–Kier alpha value is -3.15. The molecule has 0 bridgehead atoms. The van der Waals surface area contributed by atoms with E-state index in [9.17, 15) is 9.59 Å². The second kappa shape index (κ2) is 8.90. The molecule has 2 aromatic heterocycles. The number of amides is 1. The fraction of sp³-hybridized carbons (Fsp3) is 0.348. The third-order valence-electron chi connectivity index (χ3n) is 4.82. The molecule has 1 atom stereocenters. The molecule has 0 aliphatic rings. The summed E-state index contributed by atoms with van der Waals surface area (Å²) >= 11 is 0. The summed E-state index contributed by atoms with van der Waals surface area (Å²) in [4.78, 5) is 28.5. The monoisotopic (exact) mass is 394 g/mol. The minimum Gasteiger partial charge on any atom is -0.480 e. The number of carbonyl (C=O) groups is 1. The van der Waals surface area contributed by atoms with Crippen molar-refractivity contribution in [2.75, 3.05) is 0 Å². The summed E-state index contributed by atoms with van der Waals surface area (Å²) in [6, 6.07) is 9.04. The number of aryl methyl sites for hydroxylation is 3. The minimum atomic E-state index is -0.695. The summed E-state index contributed by atoms with van der Waals surface area (Å²) in [7, 11) is 0. The van der Waals surface area contributed by atoms with Crippen LogP contribution in [0.1, 0.15) is 42.7 Å². The van der Waals surface area contributed by atoms with Gasteiger partial charge in [-0.15, -0.1) is 0 Å². The van der Waals surface area contributed by atoms with E-state index >= 15 is 0 Å². The second-order valence-corrected chi connectivity index (χ2v) is 7.19. The standard InChI is InChI=1S/C23H26N2O4/c1-5-6-18-12-21(26)29-22-15(3)20(8-7-19(18)22)28-16(4)23(27)25-13-17-9-10-24-14(2)11-17/h7-12,16H,5-6,13H2,1-4H3,(H,25,27). The molecule has 1 N–H and O–H groups in total. The van der Waals surface area contributed by atoms with Crippen LogP contribution >= 0.6 is 0 Å². The number of hydrogen-bond donors (Lipinski definition) is 1. The lowest BCUT2D eigenvalue weighted by Crippen LogP contribution is -2.36. The van der Waals surface area contributed by atoms with Crippen molar-refractivity contribution < 1.29 is 13.9 Å². The molecule has 1 amide bonds. The van der Waals surface area contributed by atoms with Crippen molar-refractivity contribution >= 4 is 16.9 Å². The van der Waals surface area contributed by atoms with Gasteiger partial charge in [0.1, 0.15) is 11.3 Å². The highest BCUT2D eigenvalue weighted by molar-refractivity contribution is 5.85. The van der Waals surface area contributed by atoms with Crippen LogP contribution in [0.15, 0.2) is 45.7 Å². The minimum absolute atomic E-state index is 0.222. The lowest BCUT2D eigenvalue weighted by molar-refractivity contribution is -0.127. The van der Waals surface area contributed by atoms with E-state index in [-0.39, 0.29) is 11.5 Å². The number of ether oxygens (including phenoxy) is 1. The zero-order chi connectivity index (χ0) is 21.0. The van der Waals surface area contributed by atoms with Gasteiger partial charge < -0.3 is 14.5 Å². The van der Waals surface area contributed by atoms with Gasteiger partial charge >= 0.3 is 5.63 Å². The van der Waals surface area contributed by atoms with Crippen LogP contribution in [0.5, 0.6) is 5.75 Å². The highest BCUT2D eigenvalue weighted by atomic mass is 16.5. The molecule has 0 fully saturated rings. The first-order valence-electron chi connectivity index (χ1n) is 9.81. The second-order valence-electron chi connectivity index (χ2n) is 7.19. The molecule has 1 unspecified atom stereocenters. The maximum atomic E-state index is 12.4. The molecular weight excluding hydrogens is 368 g/mol. The summed E-state index contributed by atoms with van der Waals surface area (Å²) in [5, 5.41) is 3.78. The van der Waals surface area contributed by atoms with E-state index in [0.29, 0.717) is 23.4 Å². The van der Waals surface area contributed by atoms with Gasteiger partial charge in [0.25, 0.3) is 5.91 Å². The van der Waals surface area contributed by atoms with Crippen molar-refractivity contribution in [2.45, 2.75) is 53.2 Å². The highest BCUT2D eigenvalue weighted by Gasteiger charge is 2.18. The summed E-state index contributed by atoms with van der Waals surface area (Å²) in [5.74, 6) is 0.303. The number of carbonyl (C=O) groups excluding carboxylic acids is 1. The Bertz CT molecular complexity index is 1090. The normalized spacial score (nSPS) is 12.0. The van der Waals surface area contributed by atoms with E-state index in [0.717, 1.165) is 35.0 Å². The lowest BCUT2D eigenvalue weighted by Gasteiger charge is -2.17. The van der Waals surface area contributed by atoms with Crippen LogP contribution in [0.4, 0.5) is 0 Å². The van der Waals surface area contributed by atoms with Crippen molar-refractivity contribution in [3.63, 3.8) is 0 Å². The molecule has 3 rings (SSSR count). The van der Waals surface area contributed by atoms with Crippen molar-refractivity contribution in [1.82, 2.24) is 10.3 Å². The predicted molar refractivity (Wildman–Crippen MR) is 112 cm³/mol. The van der Waals surface area contributed by atoms with Crippen molar-refractivity contribution in [1.29, 1.82) is 0 Å². The van der Waals surface area contributed by atoms with Crippen LogP contribution in [-0.4, -0.2) is 17.0 Å². The number of pyridine rings is 1. The van der Waals surface area contributed by atoms with Crippen molar-refractivity contribution in [3.8, 4) is 5.75 Å². The average Bonchev–Trinajstić information content (AvgIpc) is 2.69. The molecule has 0 spiro atoms. The first-order chi connectivity index (χ1) is 13.9. The molecule has 0 saturated carbocycles.